The van der Waals surface area contributed by atoms with Crippen molar-refractivity contribution in [1.29, 1.82) is 0 Å². The number of carbonyl (C=O) groups is 1. The van der Waals surface area contributed by atoms with E-state index in [0.717, 1.165) is 20.8 Å². The van der Waals surface area contributed by atoms with Crippen LogP contribution in [0, 0.1) is 0 Å². The van der Waals surface area contributed by atoms with Crippen LogP contribution in [0.4, 0.5) is 0 Å². The minimum Gasteiger partial charge on any atom is -0.488 e. The van der Waals surface area contributed by atoms with Gasteiger partial charge < -0.3 is 4.74 Å². The molecule has 4 nitrogen and oxygen atoms in total. The van der Waals surface area contributed by atoms with Crippen LogP contribution >= 0.6 is 50.9 Å². The summed E-state index contributed by atoms with van der Waals surface area (Å²) in [4.78, 5) is 20.1. The van der Waals surface area contributed by atoms with Gasteiger partial charge in [-0.25, -0.2) is 0 Å². The summed E-state index contributed by atoms with van der Waals surface area (Å²) in [6.45, 7) is 8.31. The van der Waals surface area contributed by atoms with E-state index in [4.69, 9.17) is 27.9 Å². The van der Waals surface area contributed by atoms with Crippen molar-refractivity contribution in [1.82, 2.24) is 4.90 Å². The summed E-state index contributed by atoms with van der Waals surface area (Å²) in [6, 6.07) is 11.2. The van der Waals surface area contributed by atoms with Crippen LogP contribution in [0.25, 0.3) is 6.08 Å². The van der Waals surface area contributed by atoms with E-state index in [1.165, 1.54) is 11.8 Å². The molecule has 0 aliphatic carbocycles. The molecule has 2 aromatic carbocycles. The first-order valence-corrected chi connectivity index (χ1v) is 12.2. The zero-order valence-corrected chi connectivity index (χ0v) is 21.6. The zero-order valence-electron chi connectivity index (χ0n) is 17.7. The lowest BCUT2D eigenvalue weighted by atomic mass is 10.1. The molecule has 8 heteroatoms. The second-order valence-corrected chi connectivity index (χ2v) is 10.3. The minimum atomic E-state index is -0.0465. The van der Waals surface area contributed by atoms with Gasteiger partial charge in [-0.2, -0.15) is 0 Å². The molecule has 1 aliphatic heterocycles. The number of rotatable bonds is 6. The van der Waals surface area contributed by atoms with Crippen molar-refractivity contribution in [2.75, 3.05) is 0 Å². The Morgan fingerprint density at radius 1 is 1.13 bits per heavy atom. The Labute approximate surface area is 205 Å². The lowest BCUT2D eigenvalue weighted by Gasteiger charge is -2.20. The Bertz CT molecular complexity index is 1050. The average Bonchev–Trinajstić information content (AvgIpc) is 2.98. The molecule has 0 saturated carbocycles. The summed E-state index contributed by atoms with van der Waals surface area (Å²) in [7, 11) is 0. The monoisotopic (exact) mass is 540 g/mol. The van der Waals surface area contributed by atoms with Gasteiger partial charge in [0.15, 0.2) is 5.17 Å². The fourth-order valence-electron chi connectivity index (χ4n) is 2.95. The lowest BCUT2D eigenvalue weighted by Crippen LogP contribution is -2.35. The fraction of sp³-hybridized carbons (Fsp3) is 0.304. The molecule has 1 heterocycles. The molecule has 0 spiro atoms. The summed E-state index contributed by atoms with van der Waals surface area (Å²) >= 11 is 17.0. The number of benzene rings is 2. The second kappa shape index (κ2) is 10.4. The smallest absolute Gasteiger partial charge is 0.266 e. The molecular weight excluding hydrogens is 519 g/mol. The number of hydrogen-bond donors (Lipinski definition) is 0. The standard InChI is InChI=1S/C23H23BrCl2N2O2S/c1-13(2)27-23-28(14(3)4)22(29)21(31-23)11-16-10-17(24)6-8-20(16)30-12-15-5-7-18(25)19(26)9-15/h5-11,13-14H,12H2,1-4H3/b21-11+,27-23?. The maximum Gasteiger partial charge on any atom is 0.266 e. The van der Waals surface area contributed by atoms with Gasteiger partial charge in [-0.05, 0) is 81.4 Å². The van der Waals surface area contributed by atoms with E-state index in [2.05, 4.69) is 20.9 Å². The highest BCUT2D eigenvalue weighted by molar-refractivity contribution is 9.10. The van der Waals surface area contributed by atoms with E-state index < -0.39 is 0 Å². The number of carbonyl (C=O) groups excluding carboxylic acids is 1. The predicted molar refractivity (Wildman–Crippen MR) is 135 cm³/mol. The van der Waals surface area contributed by atoms with Crippen LogP contribution in [-0.2, 0) is 11.4 Å². The maximum absolute atomic E-state index is 13.1. The van der Waals surface area contributed by atoms with Crippen molar-refractivity contribution in [2.45, 2.75) is 46.4 Å². The number of thioether (sulfide) groups is 1. The fourth-order valence-corrected chi connectivity index (χ4v) is 4.87. The quantitative estimate of drug-likeness (QED) is 0.357. The highest BCUT2D eigenvalue weighted by Crippen LogP contribution is 2.36. The van der Waals surface area contributed by atoms with E-state index in [1.807, 2.05) is 58.0 Å². The van der Waals surface area contributed by atoms with E-state index in [9.17, 15) is 4.79 Å². The van der Waals surface area contributed by atoms with Crippen molar-refractivity contribution in [2.24, 2.45) is 4.99 Å². The van der Waals surface area contributed by atoms with Crippen LogP contribution in [0.2, 0.25) is 10.0 Å². The largest absolute Gasteiger partial charge is 0.488 e. The minimum absolute atomic E-state index is 0.0243. The molecule has 1 fully saturated rings. The van der Waals surface area contributed by atoms with Gasteiger partial charge in [0.05, 0.1) is 15.0 Å². The molecule has 1 saturated heterocycles. The number of amidine groups is 1. The van der Waals surface area contributed by atoms with Crippen molar-refractivity contribution >= 4 is 68.0 Å². The normalized spacial score (nSPS) is 16.9. The molecule has 164 valence electrons. The van der Waals surface area contributed by atoms with Crippen molar-refractivity contribution in [3.05, 3.63) is 66.9 Å². The van der Waals surface area contributed by atoms with Gasteiger partial charge in [0.1, 0.15) is 12.4 Å². The molecule has 0 N–H and O–H groups in total. The third kappa shape index (κ3) is 6.07. The Balaban J connectivity index is 1.90. The van der Waals surface area contributed by atoms with Gasteiger partial charge in [-0.1, -0.05) is 45.2 Å². The zero-order chi connectivity index (χ0) is 22.7. The number of halogens is 3. The Morgan fingerprint density at radius 2 is 1.87 bits per heavy atom. The van der Waals surface area contributed by atoms with Gasteiger partial charge in [-0.3, -0.25) is 14.7 Å². The van der Waals surface area contributed by atoms with E-state index in [0.29, 0.717) is 27.3 Å². The molecule has 1 aliphatic rings. The van der Waals surface area contributed by atoms with Gasteiger partial charge in [-0.15, -0.1) is 0 Å². The van der Waals surface area contributed by atoms with Crippen LogP contribution in [0.1, 0.15) is 38.8 Å². The van der Waals surface area contributed by atoms with Crippen LogP contribution < -0.4 is 4.74 Å². The molecule has 0 bridgehead atoms. The summed E-state index contributed by atoms with van der Waals surface area (Å²) in [5.41, 5.74) is 1.71. The van der Waals surface area contributed by atoms with Crippen LogP contribution in [0.3, 0.4) is 0 Å². The molecule has 2 aromatic rings. The molecule has 31 heavy (non-hydrogen) atoms. The van der Waals surface area contributed by atoms with Gasteiger partial charge in [0, 0.05) is 22.1 Å². The lowest BCUT2D eigenvalue weighted by molar-refractivity contribution is -0.123. The van der Waals surface area contributed by atoms with Gasteiger partial charge in [0.25, 0.3) is 5.91 Å². The van der Waals surface area contributed by atoms with Crippen LogP contribution in [0.15, 0.2) is 50.8 Å². The third-order valence-corrected chi connectivity index (χ3v) is 6.59. The SMILES string of the molecule is CC(C)N=C1S/C(=C/c2cc(Br)ccc2OCc2ccc(Cl)c(Cl)c2)C(=O)N1C(C)C. The highest BCUT2D eigenvalue weighted by Gasteiger charge is 2.35. The van der Waals surface area contributed by atoms with Gasteiger partial charge in [0.2, 0.25) is 0 Å². The molecule has 0 unspecified atom stereocenters. The second-order valence-electron chi connectivity index (χ2n) is 7.60. The molecule has 0 radical (unpaired) electrons. The number of ether oxygens (including phenoxy) is 1. The summed E-state index contributed by atoms with van der Waals surface area (Å²) in [5.74, 6) is 0.621. The number of aliphatic imine (C=N–C) groups is 1. The van der Waals surface area contributed by atoms with Crippen molar-refractivity contribution in [3.63, 3.8) is 0 Å². The first kappa shape index (κ1) is 24.2. The van der Waals surface area contributed by atoms with Gasteiger partial charge >= 0.3 is 0 Å². The van der Waals surface area contributed by atoms with E-state index >= 15 is 0 Å². The number of hydrogen-bond acceptors (Lipinski definition) is 4. The Hall–Kier alpha value is -1.47. The predicted octanol–water partition coefficient (Wildman–Crippen LogP) is 7.42. The molecule has 3 rings (SSSR count). The Morgan fingerprint density at radius 3 is 2.52 bits per heavy atom. The van der Waals surface area contributed by atoms with Crippen LogP contribution in [0.5, 0.6) is 5.75 Å². The first-order chi connectivity index (χ1) is 14.7. The van der Waals surface area contributed by atoms with E-state index in [-0.39, 0.29) is 18.0 Å². The number of amides is 1. The van der Waals surface area contributed by atoms with E-state index in [1.54, 1.807) is 17.0 Å². The average molecular weight is 542 g/mol. The summed E-state index contributed by atoms with van der Waals surface area (Å²) in [5, 5.41) is 1.72. The van der Waals surface area contributed by atoms with Crippen molar-refractivity contribution < 1.29 is 9.53 Å². The maximum atomic E-state index is 13.1. The summed E-state index contributed by atoms with van der Waals surface area (Å²) in [6.07, 6.45) is 1.86. The summed E-state index contributed by atoms with van der Waals surface area (Å²) < 4.78 is 6.95. The van der Waals surface area contributed by atoms with Crippen molar-refractivity contribution in [3.8, 4) is 5.75 Å². The third-order valence-electron chi connectivity index (χ3n) is 4.36. The molecule has 1 amide bonds. The molecule has 0 aromatic heterocycles. The Kier molecular flexibility index (Phi) is 8.14. The van der Waals surface area contributed by atoms with Crippen LogP contribution in [-0.4, -0.2) is 28.1 Å². The topological polar surface area (TPSA) is 41.9 Å². The molecular formula is C23H23BrCl2N2O2S. The molecule has 0 atom stereocenters. The number of nitrogens with zero attached hydrogens (tertiary/aromatic N) is 2. The highest BCUT2D eigenvalue weighted by atomic mass is 79.9. The first-order valence-electron chi connectivity index (χ1n) is 9.83.